The standard InChI is InChI=1S/C24H28BF3N4OP.C3H8/c1-5-19-20(10-9-14(2)3)34-21(13-29-19)31-15(4)16-7-6-8-17(11-16)32-22(33)18-12-30-23(25-18)24(26,27)28;1-3-2/h5-8,10-15,21,31,34H,9H2,1-4H3,(H,32,33);3H2,1-2H3/b19-5+,20-10-;. The van der Waals surface area contributed by atoms with Crippen molar-refractivity contribution in [3.05, 3.63) is 64.7 Å². The lowest BCUT2D eigenvalue weighted by Crippen LogP contribution is -2.31. The maximum atomic E-state index is 12.8. The number of halogens is 3. The fraction of sp³-hybridized carbons (Fsp3) is 0.444. The van der Waals surface area contributed by atoms with Gasteiger partial charge in [-0.2, -0.15) is 13.2 Å². The Morgan fingerprint density at radius 3 is 2.54 bits per heavy atom. The number of carbonyl (C=O) groups is 1. The van der Waals surface area contributed by atoms with Gasteiger partial charge in [0, 0.05) is 29.6 Å². The minimum atomic E-state index is -4.58. The van der Waals surface area contributed by atoms with Gasteiger partial charge in [0.25, 0.3) is 0 Å². The number of allylic oxidation sites excluding steroid dienone is 3. The summed E-state index contributed by atoms with van der Waals surface area (Å²) in [5.41, 5.74) is 1.24. The van der Waals surface area contributed by atoms with Gasteiger partial charge in [-0.1, -0.05) is 67.0 Å². The lowest BCUT2D eigenvalue weighted by Gasteiger charge is -2.26. The summed E-state index contributed by atoms with van der Waals surface area (Å²) in [5, 5.41) is 7.49. The van der Waals surface area contributed by atoms with E-state index in [1.165, 1.54) is 11.7 Å². The molecule has 0 saturated carbocycles. The number of anilines is 1. The molecule has 1 amide bonds. The largest absolute Gasteiger partial charge is 0.420 e. The number of amides is 1. The number of benzene rings is 1. The number of aliphatic imine (C=N–C) groups is 2. The van der Waals surface area contributed by atoms with Crippen LogP contribution in [0.3, 0.4) is 0 Å². The lowest BCUT2D eigenvalue weighted by molar-refractivity contribution is -0.112. The van der Waals surface area contributed by atoms with Gasteiger partial charge in [-0.25, -0.2) is 0 Å². The molecule has 37 heavy (non-hydrogen) atoms. The molecule has 0 fully saturated rings. The number of alkyl halides is 3. The summed E-state index contributed by atoms with van der Waals surface area (Å²) in [5.74, 6) is 0.0285. The average Bonchev–Trinajstić information content (AvgIpc) is 3.35. The molecule has 2 aliphatic rings. The van der Waals surface area contributed by atoms with Gasteiger partial charge >= 0.3 is 6.18 Å². The van der Waals surface area contributed by atoms with Crippen molar-refractivity contribution in [2.75, 3.05) is 5.32 Å². The number of carbonyl (C=O) groups excluding carboxylic acids is 1. The van der Waals surface area contributed by atoms with Gasteiger partial charge in [0.2, 0.25) is 13.2 Å². The van der Waals surface area contributed by atoms with Gasteiger partial charge in [-0.05, 0) is 49.2 Å². The van der Waals surface area contributed by atoms with Crippen molar-refractivity contribution in [1.82, 2.24) is 5.32 Å². The number of nitrogens with zero attached hydrogens (tertiary/aromatic N) is 2. The molecule has 199 valence electrons. The van der Waals surface area contributed by atoms with Crippen LogP contribution in [0.5, 0.6) is 0 Å². The molecule has 10 heteroatoms. The minimum absolute atomic E-state index is 0.0308. The fourth-order valence-corrected chi connectivity index (χ4v) is 4.84. The summed E-state index contributed by atoms with van der Waals surface area (Å²) in [6.07, 6.45) is 4.83. The first-order valence-corrected chi connectivity index (χ1v) is 13.6. The highest BCUT2D eigenvalue weighted by Crippen LogP contribution is 2.39. The molecule has 0 saturated heterocycles. The van der Waals surface area contributed by atoms with E-state index in [-0.39, 0.29) is 17.3 Å². The Bertz CT molecular complexity index is 1090. The van der Waals surface area contributed by atoms with Crippen LogP contribution >= 0.6 is 8.58 Å². The Balaban J connectivity index is 0.00000153. The number of rotatable bonds is 7. The molecule has 2 heterocycles. The molecule has 0 aliphatic carbocycles. The fourth-order valence-electron chi connectivity index (χ4n) is 3.43. The number of nitrogens with one attached hydrogen (secondary N) is 2. The Hall–Kier alpha value is -2.51. The first-order valence-electron chi connectivity index (χ1n) is 12.5. The van der Waals surface area contributed by atoms with Gasteiger partial charge in [-0.3, -0.25) is 20.1 Å². The molecular weight excluding hydrogens is 495 g/mol. The summed E-state index contributed by atoms with van der Waals surface area (Å²) >= 11 is 0. The van der Waals surface area contributed by atoms with Crippen molar-refractivity contribution in [2.24, 2.45) is 15.9 Å². The normalized spacial score (nSPS) is 20.9. The molecule has 1 aromatic rings. The van der Waals surface area contributed by atoms with Crippen LogP contribution in [0.15, 0.2) is 69.1 Å². The van der Waals surface area contributed by atoms with E-state index in [2.05, 4.69) is 54.4 Å². The van der Waals surface area contributed by atoms with Crippen LogP contribution in [-0.2, 0) is 4.79 Å². The summed E-state index contributed by atoms with van der Waals surface area (Å²) < 4.78 is 38.3. The molecule has 2 N–H and O–H groups in total. The Labute approximate surface area is 220 Å². The van der Waals surface area contributed by atoms with Crippen molar-refractivity contribution in [3.63, 3.8) is 0 Å². The second-order valence-electron chi connectivity index (χ2n) is 9.24. The second-order valence-corrected chi connectivity index (χ2v) is 10.7. The lowest BCUT2D eigenvalue weighted by atomic mass is 9.66. The van der Waals surface area contributed by atoms with Crippen LogP contribution in [0.2, 0.25) is 0 Å². The second kappa shape index (κ2) is 14.4. The van der Waals surface area contributed by atoms with Crippen LogP contribution in [0.25, 0.3) is 0 Å². The third kappa shape index (κ3) is 9.71. The van der Waals surface area contributed by atoms with E-state index in [0.29, 0.717) is 20.2 Å². The van der Waals surface area contributed by atoms with Gasteiger partial charge in [0.1, 0.15) is 0 Å². The van der Waals surface area contributed by atoms with Crippen LogP contribution < -0.4 is 10.6 Å². The zero-order chi connectivity index (χ0) is 27.6. The van der Waals surface area contributed by atoms with Crippen LogP contribution in [0.1, 0.15) is 66.0 Å². The summed E-state index contributed by atoms with van der Waals surface area (Å²) in [4.78, 5) is 20.3. The number of hydrogen-bond donors (Lipinski definition) is 2. The predicted octanol–water partition coefficient (Wildman–Crippen LogP) is 7.13. The van der Waals surface area contributed by atoms with Crippen LogP contribution in [0.4, 0.5) is 18.9 Å². The molecule has 0 aromatic heterocycles. The quantitative estimate of drug-likeness (QED) is 0.290. The van der Waals surface area contributed by atoms with Crippen LogP contribution in [0, 0.1) is 5.92 Å². The molecular formula is C27H36BF3N4OP. The molecule has 0 spiro atoms. The molecule has 1 radical (unpaired) electrons. The maximum Gasteiger partial charge on any atom is 0.420 e. The topological polar surface area (TPSA) is 65.8 Å². The third-order valence-corrected chi connectivity index (χ3v) is 6.68. The van der Waals surface area contributed by atoms with Gasteiger partial charge < -0.3 is 5.32 Å². The van der Waals surface area contributed by atoms with Gasteiger partial charge in [0.15, 0.2) is 0 Å². The highest BCUT2D eigenvalue weighted by molar-refractivity contribution is 7.45. The first-order chi connectivity index (χ1) is 17.5. The summed E-state index contributed by atoms with van der Waals surface area (Å²) in [7, 11) is 1.29. The monoisotopic (exact) mass is 531 g/mol. The molecule has 3 rings (SSSR count). The van der Waals surface area contributed by atoms with E-state index in [9.17, 15) is 18.0 Å². The zero-order valence-electron chi connectivity index (χ0n) is 22.3. The third-order valence-electron chi connectivity index (χ3n) is 5.28. The Morgan fingerprint density at radius 2 is 1.95 bits per heavy atom. The van der Waals surface area contributed by atoms with Crippen LogP contribution in [-0.4, -0.2) is 37.0 Å². The van der Waals surface area contributed by atoms with E-state index >= 15 is 0 Å². The highest BCUT2D eigenvalue weighted by atomic mass is 31.1. The first kappa shape index (κ1) is 30.7. The molecule has 3 atom stereocenters. The minimum Gasteiger partial charge on any atom is -0.323 e. The SMILES string of the molecule is C/C=C1/N=CC(NC(C)c2cccc(NC(=O)C3=CN=C(C(F)(F)F)[B]3)c2)P/C1=C\CC(C)C.CCC. The van der Waals surface area contributed by atoms with Crippen molar-refractivity contribution in [2.45, 2.75) is 72.4 Å². The highest BCUT2D eigenvalue weighted by Gasteiger charge is 2.39. The molecule has 3 unspecified atom stereocenters. The Morgan fingerprint density at radius 1 is 1.24 bits per heavy atom. The molecule has 5 nitrogen and oxygen atoms in total. The molecule has 1 aromatic carbocycles. The average molecular weight is 531 g/mol. The van der Waals surface area contributed by atoms with Crippen molar-refractivity contribution in [1.29, 1.82) is 0 Å². The van der Waals surface area contributed by atoms with Gasteiger partial charge in [-0.15, -0.1) is 0 Å². The molecule has 0 bridgehead atoms. The smallest absolute Gasteiger partial charge is 0.323 e. The van der Waals surface area contributed by atoms with E-state index < -0.39 is 17.7 Å². The van der Waals surface area contributed by atoms with Crippen molar-refractivity contribution < 1.29 is 18.0 Å². The Kier molecular flexibility index (Phi) is 12.0. The van der Waals surface area contributed by atoms with Gasteiger partial charge in [0.05, 0.1) is 17.1 Å². The van der Waals surface area contributed by atoms with Crippen molar-refractivity contribution in [3.8, 4) is 0 Å². The van der Waals surface area contributed by atoms with E-state index in [0.717, 1.165) is 31.2 Å². The predicted molar refractivity (Wildman–Crippen MR) is 152 cm³/mol. The summed E-state index contributed by atoms with van der Waals surface area (Å²) in [6, 6.07) is 7.22. The van der Waals surface area contributed by atoms with Crippen molar-refractivity contribution >= 4 is 39.3 Å². The molecule has 2 aliphatic heterocycles. The zero-order valence-corrected chi connectivity index (χ0v) is 23.3. The van der Waals surface area contributed by atoms with E-state index in [1.807, 2.05) is 38.3 Å². The van der Waals surface area contributed by atoms with E-state index in [4.69, 9.17) is 0 Å². The number of hydrogen-bond acceptors (Lipinski definition) is 4. The van der Waals surface area contributed by atoms with E-state index in [1.54, 1.807) is 12.1 Å². The maximum absolute atomic E-state index is 12.8. The summed E-state index contributed by atoms with van der Waals surface area (Å²) in [6.45, 7) is 12.6.